The monoisotopic (exact) mass is 348 g/mol. The van der Waals surface area contributed by atoms with Crippen molar-refractivity contribution in [1.29, 1.82) is 0 Å². The summed E-state index contributed by atoms with van der Waals surface area (Å²) in [6.07, 6.45) is 0.907. The van der Waals surface area contributed by atoms with Gasteiger partial charge < -0.3 is 5.32 Å². The van der Waals surface area contributed by atoms with Crippen LogP contribution in [0.25, 0.3) is 0 Å². The van der Waals surface area contributed by atoms with Crippen molar-refractivity contribution in [3.8, 4) is 0 Å². The van der Waals surface area contributed by atoms with Gasteiger partial charge in [0.15, 0.2) is 11.6 Å². The molecule has 1 amide bonds. The molecule has 1 aromatic rings. The molecule has 8 heteroatoms. The maximum Gasteiger partial charge on any atom is 0.243 e. The lowest BCUT2D eigenvalue weighted by atomic mass is 10.1. The van der Waals surface area contributed by atoms with Crippen molar-refractivity contribution < 1.29 is 22.0 Å². The summed E-state index contributed by atoms with van der Waals surface area (Å²) in [5.41, 5.74) is -0.105. The topological polar surface area (TPSA) is 66.5 Å². The first-order chi connectivity index (χ1) is 10.4. The van der Waals surface area contributed by atoms with Crippen LogP contribution in [0.1, 0.15) is 27.7 Å². The standard InChI is InChI=1S/C15H22F2N2O3S/c1-9(2)10(3)18-15(20)11(4)19(23(5,21)22)12-6-7-13(16)14(17)8-12/h6-11H,1-5H3,(H,18,20)/t10-,11-/m1/s1. The third kappa shape index (κ3) is 4.89. The average molecular weight is 348 g/mol. The summed E-state index contributed by atoms with van der Waals surface area (Å²) >= 11 is 0. The third-order valence-corrected chi connectivity index (χ3v) is 4.86. The van der Waals surface area contributed by atoms with Gasteiger partial charge >= 0.3 is 0 Å². The molecular weight excluding hydrogens is 326 g/mol. The van der Waals surface area contributed by atoms with Crippen molar-refractivity contribution in [2.75, 3.05) is 10.6 Å². The highest BCUT2D eigenvalue weighted by Gasteiger charge is 2.30. The van der Waals surface area contributed by atoms with Crippen LogP contribution in [-0.4, -0.2) is 32.7 Å². The average Bonchev–Trinajstić information content (AvgIpc) is 2.41. The number of hydrogen-bond donors (Lipinski definition) is 1. The Labute approximate surface area is 135 Å². The first kappa shape index (κ1) is 19.3. The summed E-state index contributed by atoms with van der Waals surface area (Å²) in [5, 5.41) is 2.71. The van der Waals surface area contributed by atoms with Gasteiger partial charge in [-0.05, 0) is 31.9 Å². The summed E-state index contributed by atoms with van der Waals surface area (Å²) < 4.78 is 51.3. The lowest BCUT2D eigenvalue weighted by Crippen LogP contribution is -2.50. The van der Waals surface area contributed by atoms with Crippen LogP contribution < -0.4 is 9.62 Å². The Balaban J connectivity index is 3.17. The minimum Gasteiger partial charge on any atom is -0.352 e. The molecule has 1 aromatic carbocycles. The number of nitrogens with one attached hydrogen (secondary N) is 1. The number of carbonyl (C=O) groups is 1. The SMILES string of the molecule is CC(C)[C@@H](C)NC(=O)[C@@H](C)N(c1ccc(F)c(F)c1)S(C)(=O)=O. The number of halogens is 2. The van der Waals surface area contributed by atoms with E-state index < -0.39 is 33.6 Å². The van der Waals surface area contributed by atoms with E-state index in [9.17, 15) is 22.0 Å². The number of sulfonamides is 1. The van der Waals surface area contributed by atoms with Crippen molar-refractivity contribution in [1.82, 2.24) is 5.32 Å². The molecular formula is C15H22F2N2O3S. The molecule has 0 spiro atoms. The smallest absolute Gasteiger partial charge is 0.243 e. The van der Waals surface area contributed by atoms with Gasteiger partial charge in [0.25, 0.3) is 0 Å². The third-order valence-electron chi connectivity index (χ3n) is 3.62. The van der Waals surface area contributed by atoms with E-state index >= 15 is 0 Å². The molecule has 0 fully saturated rings. The molecule has 0 aromatic heterocycles. The van der Waals surface area contributed by atoms with Crippen LogP contribution in [-0.2, 0) is 14.8 Å². The Bertz CT molecular complexity index is 677. The second-order valence-corrected chi connectivity index (χ2v) is 7.73. The zero-order chi connectivity index (χ0) is 17.9. The van der Waals surface area contributed by atoms with Gasteiger partial charge in [0, 0.05) is 12.1 Å². The summed E-state index contributed by atoms with van der Waals surface area (Å²) in [7, 11) is -3.86. The molecule has 0 aliphatic carbocycles. The van der Waals surface area contributed by atoms with Crippen molar-refractivity contribution >= 4 is 21.6 Å². The number of anilines is 1. The van der Waals surface area contributed by atoms with Gasteiger partial charge in [-0.25, -0.2) is 17.2 Å². The highest BCUT2D eigenvalue weighted by Crippen LogP contribution is 2.23. The van der Waals surface area contributed by atoms with E-state index in [1.165, 1.54) is 6.92 Å². The van der Waals surface area contributed by atoms with Gasteiger partial charge in [-0.15, -0.1) is 0 Å². The minimum absolute atomic E-state index is 0.105. The van der Waals surface area contributed by atoms with Crippen LogP contribution in [0.3, 0.4) is 0 Å². The minimum atomic E-state index is -3.86. The Morgan fingerprint density at radius 1 is 1.13 bits per heavy atom. The first-order valence-corrected chi connectivity index (χ1v) is 9.04. The van der Waals surface area contributed by atoms with Crippen LogP contribution in [0, 0.1) is 17.6 Å². The molecule has 2 atom stereocenters. The fourth-order valence-electron chi connectivity index (χ4n) is 1.94. The fourth-order valence-corrected chi connectivity index (χ4v) is 3.11. The maximum absolute atomic E-state index is 13.4. The quantitative estimate of drug-likeness (QED) is 0.858. The van der Waals surface area contributed by atoms with Gasteiger partial charge in [-0.2, -0.15) is 0 Å². The molecule has 1 N–H and O–H groups in total. The molecule has 0 heterocycles. The van der Waals surface area contributed by atoms with Crippen LogP contribution >= 0.6 is 0 Å². The highest BCUT2D eigenvalue weighted by molar-refractivity contribution is 7.92. The number of amides is 1. The van der Waals surface area contributed by atoms with Gasteiger partial charge in [0.1, 0.15) is 6.04 Å². The molecule has 23 heavy (non-hydrogen) atoms. The number of benzene rings is 1. The normalized spacial score (nSPS) is 14.4. The van der Waals surface area contributed by atoms with E-state index in [-0.39, 0.29) is 17.6 Å². The predicted molar refractivity (Wildman–Crippen MR) is 85.6 cm³/mol. The summed E-state index contributed by atoms with van der Waals surface area (Å²) in [6, 6.07) is 1.44. The largest absolute Gasteiger partial charge is 0.352 e. The molecule has 0 aliphatic rings. The van der Waals surface area contributed by atoms with Crippen LogP contribution in [0.15, 0.2) is 18.2 Å². The fraction of sp³-hybridized carbons (Fsp3) is 0.533. The molecule has 0 aliphatic heterocycles. The molecule has 5 nitrogen and oxygen atoms in total. The molecule has 0 saturated carbocycles. The number of rotatable bonds is 6. The Hall–Kier alpha value is -1.70. The van der Waals surface area contributed by atoms with E-state index in [1.807, 2.05) is 13.8 Å². The molecule has 0 radical (unpaired) electrons. The summed E-state index contributed by atoms with van der Waals surface area (Å²) in [6.45, 7) is 7.03. The van der Waals surface area contributed by atoms with Gasteiger partial charge in [-0.1, -0.05) is 13.8 Å². The Morgan fingerprint density at radius 2 is 1.70 bits per heavy atom. The predicted octanol–water partition coefficient (Wildman–Crippen LogP) is 2.28. The van der Waals surface area contributed by atoms with Crippen molar-refractivity contribution in [3.05, 3.63) is 29.8 Å². The van der Waals surface area contributed by atoms with Crippen molar-refractivity contribution in [2.24, 2.45) is 5.92 Å². The van der Waals surface area contributed by atoms with E-state index in [0.717, 1.165) is 28.8 Å². The second kappa shape index (κ2) is 7.25. The number of hydrogen-bond acceptors (Lipinski definition) is 3. The summed E-state index contributed by atoms with van der Waals surface area (Å²) in [5.74, 6) is -2.62. The number of carbonyl (C=O) groups excluding carboxylic acids is 1. The number of nitrogens with zero attached hydrogens (tertiary/aromatic N) is 1. The van der Waals surface area contributed by atoms with Crippen molar-refractivity contribution in [2.45, 2.75) is 39.8 Å². The lowest BCUT2D eigenvalue weighted by molar-refractivity contribution is -0.122. The Morgan fingerprint density at radius 3 is 2.13 bits per heavy atom. The zero-order valence-electron chi connectivity index (χ0n) is 13.8. The van der Waals surface area contributed by atoms with Gasteiger partial charge in [0.05, 0.1) is 11.9 Å². The maximum atomic E-state index is 13.4. The highest BCUT2D eigenvalue weighted by atomic mass is 32.2. The van der Waals surface area contributed by atoms with E-state index in [0.29, 0.717) is 0 Å². The molecule has 1 rings (SSSR count). The lowest BCUT2D eigenvalue weighted by Gasteiger charge is -2.29. The zero-order valence-corrected chi connectivity index (χ0v) is 14.6. The van der Waals surface area contributed by atoms with Crippen LogP contribution in [0.4, 0.5) is 14.5 Å². The molecule has 0 bridgehead atoms. The van der Waals surface area contributed by atoms with Crippen LogP contribution in [0.5, 0.6) is 0 Å². The van der Waals surface area contributed by atoms with Crippen LogP contribution in [0.2, 0.25) is 0 Å². The molecule has 130 valence electrons. The summed E-state index contributed by atoms with van der Waals surface area (Å²) in [4.78, 5) is 12.3. The van der Waals surface area contributed by atoms with E-state index in [4.69, 9.17) is 0 Å². The van der Waals surface area contributed by atoms with Crippen molar-refractivity contribution in [3.63, 3.8) is 0 Å². The van der Waals surface area contributed by atoms with E-state index in [2.05, 4.69) is 5.32 Å². The first-order valence-electron chi connectivity index (χ1n) is 7.20. The second-order valence-electron chi connectivity index (χ2n) is 5.87. The molecule has 0 unspecified atom stereocenters. The van der Waals surface area contributed by atoms with Gasteiger partial charge in [-0.3, -0.25) is 9.10 Å². The Kier molecular flexibility index (Phi) is 6.10. The van der Waals surface area contributed by atoms with Gasteiger partial charge in [0.2, 0.25) is 15.9 Å². The molecule has 0 saturated heterocycles. The van der Waals surface area contributed by atoms with E-state index in [1.54, 1.807) is 6.92 Å².